The minimum absolute atomic E-state index is 0.000389. The molecule has 1 aliphatic rings. The average Bonchev–Trinajstić information content (AvgIpc) is 2.67. The molecule has 4 nitrogen and oxygen atoms in total. The van der Waals surface area contributed by atoms with Gasteiger partial charge in [-0.1, -0.05) is 43.3 Å². The first-order valence-corrected chi connectivity index (χ1v) is 9.78. The number of aryl methyl sites for hydroxylation is 1. The number of fused-ring (bicyclic) bond motifs is 1. The smallest absolute Gasteiger partial charge is 0.238 e. The topological polar surface area (TPSA) is 49.4 Å². The predicted molar refractivity (Wildman–Crippen MR) is 109 cm³/mol. The monoisotopic (exact) mass is 364 g/mol. The van der Waals surface area contributed by atoms with E-state index in [9.17, 15) is 9.59 Å². The van der Waals surface area contributed by atoms with E-state index in [4.69, 9.17) is 0 Å². The van der Waals surface area contributed by atoms with Gasteiger partial charge >= 0.3 is 0 Å². The minimum atomic E-state index is -0.0250. The van der Waals surface area contributed by atoms with Crippen LogP contribution >= 0.6 is 0 Å². The van der Waals surface area contributed by atoms with Crippen molar-refractivity contribution >= 4 is 17.4 Å². The molecular weight excluding hydrogens is 336 g/mol. The lowest BCUT2D eigenvalue weighted by Crippen LogP contribution is -2.44. The molecule has 0 bridgehead atoms. The molecule has 1 atom stereocenters. The van der Waals surface area contributed by atoms with Crippen molar-refractivity contribution in [3.8, 4) is 0 Å². The van der Waals surface area contributed by atoms with Gasteiger partial charge in [0, 0.05) is 17.3 Å². The molecule has 0 aromatic heterocycles. The van der Waals surface area contributed by atoms with Crippen LogP contribution in [0.5, 0.6) is 0 Å². The number of hydrogen-bond donors (Lipinski definition) is 1. The lowest BCUT2D eigenvalue weighted by atomic mass is 9.87. The summed E-state index contributed by atoms with van der Waals surface area (Å²) in [4.78, 5) is 26.5. The highest BCUT2D eigenvalue weighted by Gasteiger charge is 2.25. The van der Waals surface area contributed by atoms with Gasteiger partial charge in [0.2, 0.25) is 5.91 Å². The Morgan fingerprint density at radius 1 is 1.11 bits per heavy atom. The Morgan fingerprint density at radius 2 is 1.89 bits per heavy atom. The second-order valence-electron chi connectivity index (χ2n) is 7.32. The molecule has 0 saturated carbocycles. The molecule has 1 unspecified atom stereocenters. The first kappa shape index (κ1) is 19.3. The Hall–Kier alpha value is -2.46. The summed E-state index contributed by atoms with van der Waals surface area (Å²) in [6.45, 7) is 4.97. The molecule has 0 saturated heterocycles. The number of nitrogens with zero attached hydrogens (tertiary/aromatic N) is 1. The van der Waals surface area contributed by atoms with E-state index in [1.165, 1.54) is 18.1 Å². The fourth-order valence-electron chi connectivity index (χ4n) is 3.87. The van der Waals surface area contributed by atoms with Crippen molar-refractivity contribution in [2.24, 2.45) is 0 Å². The number of hydrogen-bond acceptors (Lipinski definition) is 3. The maximum absolute atomic E-state index is 12.6. The average molecular weight is 364 g/mol. The van der Waals surface area contributed by atoms with E-state index in [2.05, 4.69) is 41.4 Å². The van der Waals surface area contributed by atoms with Gasteiger partial charge in [-0.05, 0) is 62.4 Å². The molecule has 142 valence electrons. The highest BCUT2D eigenvalue weighted by molar-refractivity contribution is 5.97. The predicted octanol–water partition coefficient (Wildman–Crippen LogP) is 4.10. The summed E-state index contributed by atoms with van der Waals surface area (Å²) in [5, 5.41) is 2.95. The van der Waals surface area contributed by atoms with Crippen LogP contribution in [0, 0.1) is 0 Å². The molecule has 0 radical (unpaired) electrons. The highest BCUT2D eigenvalue weighted by Crippen LogP contribution is 2.24. The van der Waals surface area contributed by atoms with Crippen molar-refractivity contribution in [2.75, 3.05) is 18.4 Å². The van der Waals surface area contributed by atoms with Gasteiger partial charge in [0.15, 0.2) is 5.78 Å². The van der Waals surface area contributed by atoms with Crippen LogP contribution in [0.4, 0.5) is 5.69 Å². The molecule has 1 aliphatic carbocycles. The SMILES string of the molecule is CCCN(CC(=O)Nc1cccc(C(C)=O)c1)C1CCc2ccccc2C1. The van der Waals surface area contributed by atoms with Crippen molar-refractivity contribution in [3.05, 3.63) is 65.2 Å². The highest BCUT2D eigenvalue weighted by atomic mass is 16.2. The summed E-state index contributed by atoms with van der Waals surface area (Å²) in [6, 6.07) is 16.1. The van der Waals surface area contributed by atoms with E-state index in [1.54, 1.807) is 18.2 Å². The van der Waals surface area contributed by atoms with Crippen molar-refractivity contribution in [2.45, 2.75) is 45.6 Å². The zero-order chi connectivity index (χ0) is 19.2. The number of rotatable bonds is 7. The van der Waals surface area contributed by atoms with E-state index in [0.717, 1.165) is 32.2 Å². The lowest BCUT2D eigenvalue weighted by molar-refractivity contribution is -0.118. The van der Waals surface area contributed by atoms with E-state index in [1.807, 2.05) is 6.07 Å². The molecule has 2 aromatic carbocycles. The van der Waals surface area contributed by atoms with Gasteiger partial charge in [0.05, 0.1) is 6.54 Å². The molecule has 27 heavy (non-hydrogen) atoms. The number of nitrogens with one attached hydrogen (secondary N) is 1. The van der Waals surface area contributed by atoms with Crippen LogP contribution in [0.15, 0.2) is 48.5 Å². The maximum atomic E-state index is 12.6. The van der Waals surface area contributed by atoms with Gasteiger partial charge in [-0.3, -0.25) is 14.5 Å². The third kappa shape index (κ3) is 5.04. The van der Waals surface area contributed by atoms with Crippen molar-refractivity contribution in [1.29, 1.82) is 0 Å². The van der Waals surface area contributed by atoms with E-state index in [0.29, 0.717) is 23.8 Å². The van der Waals surface area contributed by atoms with Gasteiger partial charge in [0.1, 0.15) is 0 Å². The van der Waals surface area contributed by atoms with Crippen molar-refractivity contribution < 1.29 is 9.59 Å². The number of benzene rings is 2. The van der Waals surface area contributed by atoms with E-state index in [-0.39, 0.29) is 11.7 Å². The molecule has 4 heteroatoms. The Morgan fingerprint density at radius 3 is 2.63 bits per heavy atom. The molecular formula is C23H28N2O2. The van der Waals surface area contributed by atoms with E-state index >= 15 is 0 Å². The number of anilines is 1. The van der Waals surface area contributed by atoms with Gasteiger partial charge in [0.25, 0.3) is 0 Å². The fraction of sp³-hybridized carbons (Fsp3) is 0.391. The second-order valence-corrected chi connectivity index (χ2v) is 7.32. The quantitative estimate of drug-likeness (QED) is 0.753. The van der Waals surface area contributed by atoms with Crippen molar-refractivity contribution in [1.82, 2.24) is 4.90 Å². The second kappa shape index (κ2) is 8.96. The minimum Gasteiger partial charge on any atom is -0.325 e. The van der Waals surface area contributed by atoms with Crippen LogP contribution in [0.25, 0.3) is 0 Å². The zero-order valence-corrected chi connectivity index (χ0v) is 16.2. The van der Waals surface area contributed by atoms with Crippen molar-refractivity contribution in [3.63, 3.8) is 0 Å². The maximum Gasteiger partial charge on any atom is 0.238 e. The summed E-state index contributed by atoms with van der Waals surface area (Å²) in [6.07, 6.45) is 4.18. The van der Waals surface area contributed by atoms with Gasteiger partial charge in [-0.2, -0.15) is 0 Å². The number of carbonyl (C=O) groups is 2. The number of amides is 1. The molecule has 0 aliphatic heterocycles. The van der Waals surface area contributed by atoms with Crippen LogP contribution in [-0.2, 0) is 17.6 Å². The van der Waals surface area contributed by atoms with Gasteiger partial charge in [-0.25, -0.2) is 0 Å². The molecule has 0 spiro atoms. The lowest BCUT2D eigenvalue weighted by Gasteiger charge is -2.34. The summed E-state index contributed by atoms with van der Waals surface area (Å²) in [5.74, 6) is -0.0254. The molecule has 1 amide bonds. The number of carbonyl (C=O) groups excluding carboxylic acids is 2. The molecule has 0 heterocycles. The van der Waals surface area contributed by atoms with Crippen LogP contribution < -0.4 is 5.32 Å². The first-order chi connectivity index (χ1) is 13.1. The van der Waals surface area contributed by atoms with Crippen LogP contribution in [-0.4, -0.2) is 35.7 Å². The summed E-state index contributed by atoms with van der Waals surface area (Å²) >= 11 is 0. The standard InChI is InChI=1S/C23H28N2O2/c1-3-13-25(22-12-11-18-7-4-5-8-20(18)15-22)16-23(27)24-21-10-6-9-19(14-21)17(2)26/h4-10,14,22H,3,11-13,15-16H2,1-2H3,(H,24,27). The summed E-state index contributed by atoms with van der Waals surface area (Å²) in [5.41, 5.74) is 4.14. The van der Waals surface area contributed by atoms with Crippen LogP contribution in [0.2, 0.25) is 0 Å². The van der Waals surface area contributed by atoms with E-state index < -0.39 is 0 Å². The molecule has 2 aromatic rings. The molecule has 3 rings (SSSR count). The van der Waals surface area contributed by atoms with Gasteiger partial charge in [-0.15, -0.1) is 0 Å². The normalized spacial score (nSPS) is 16.0. The summed E-state index contributed by atoms with van der Waals surface area (Å²) in [7, 11) is 0. The van der Waals surface area contributed by atoms with Gasteiger partial charge < -0.3 is 5.32 Å². The number of Topliss-reactive ketones (excluding diaryl/α,β-unsaturated/α-hetero) is 1. The molecule has 1 N–H and O–H groups in total. The third-order valence-electron chi connectivity index (χ3n) is 5.25. The third-order valence-corrected chi connectivity index (χ3v) is 5.25. The van der Waals surface area contributed by atoms with Crippen LogP contribution in [0.1, 0.15) is 48.2 Å². The summed E-state index contributed by atoms with van der Waals surface area (Å²) < 4.78 is 0. The zero-order valence-electron chi connectivity index (χ0n) is 16.2. The Kier molecular flexibility index (Phi) is 6.40. The molecule has 0 fully saturated rings. The van der Waals surface area contributed by atoms with Crippen LogP contribution in [0.3, 0.4) is 0 Å². The Balaban J connectivity index is 1.65. The fourth-order valence-corrected chi connectivity index (χ4v) is 3.87. The Labute approximate surface area is 161 Å². The Bertz CT molecular complexity index is 816. The number of ketones is 1. The first-order valence-electron chi connectivity index (χ1n) is 9.78. The largest absolute Gasteiger partial charge is 0.325 e.